The molecular formula is C20H24O3. The molecule has 0 bridgehead atoms. The van der Waals surface area contributed by atoms with E-state index in [4.69, 9.17) is 14.5 Å². The fourth-order valence-corrected chi connectivity index (χ4v) is 2.91. The van der Waals surface area contributed by atoms with Crippen molar-refractivity contribution in [1.29, 1.82) is 0 Å². The van der Waals surface area contributed by atoms with Crippen molar-refractivity contribution in [2.75, 3.05) is 19.8 Å². The van der Waals surface area contributed by atoms with Crippen LogP contribution in [0, 0.1) is 0 Å². The second-order valence-electron chi connectivity index (χ2n) is 5.82. The van der Waals surface area contributed by atoms with Gasteiger partial charge in [0.1, 0.15) is 5.75 Å². The third-order valence-electron chi connectivity index (χ3n) is 4.06. The molecule has 0 aromatic heterocycles. The molecule has 0 aliphatic heterocycles. The molecule has 0 N–H and O–H groups in total. The first-order valence-electron chi connectivity index (χ1n) is 8.47. The molecule has 0 heterocycles. The first kappa shape index (κ1) is 16.0. The van der Waals surface area contributed by atoms with Gasteiger partial charge in [-0.1, -0.05) is 43.3 Å². The molecule has 3 nitrogen and oxygen atoms in total. The number of ether oxygens (including phenoxy) is 1. The Morgan fingerprint density at radius 3 is 2.52 bits per heavy atom. The molecule has 3 heteroatoms. The monoisotopic (exact) mass is 312 g/mol. The molecule has 0 spiro atoms. The van der Waals surface area contributed by atoms with Crippen LogP contribution in [-0.2, 0) is 16.2 Å². The van der Waals surface area contributed by atoms with Crippen LogP contribution in [0.3, 0.4) is 0 Å². The van der Waals surface area contributed by atoms with Gasteiger partial charge in [0.05, 0.1) is 19.8 Å². The SMILES string of the molecule is CCCOOCCCCOc1cccc2c1Cc1ccccc1-2. The van der Waals surface area contributed by atoms with Crippen LogP contribution in [-0.4, -0.2) is 19.8 Å². The Balaban J connectivity index is 1.49. The highest BCUT2D eigenvalue weighted by Crippen LogP contribution is 2.40. The van der Waals surface area contributed by atoms with Crippen LogP contribution in [0.1, 0.15) is 37.3 Å². The third kappa shape index (κ3) is 3.92. The highest BCUT2D eigenvalue weighted by Gasteiger charge is 2.20. The topological polar surface area (TPSA) is 27.7 Å². The maximum absolute atomic E-state index is 6.01. The summed E-state index contributed by atoms with van der Waals surface area (Å²) in [5, 5.41) is 0. The number of hydrogen-bond acceptors (Lipinski definition) is 3. The molecule has 1 aliphatic rings. The summed E-state index contributed by atoms with van der Waals surface area (Å²) >= 11 is 0. The minimum absolute atomic E-state index is 0.627. The molecule has 1 aliphatic carbocycles. The number of benzene rings is 2. The molecule has 0 saturated carbocycles. The van der Waals surface area contributed by atoms with Gasteiger partial charge in [-0.2, -0.15) is 0 Å². The summed E-state index contributed by atoms with van der Waals surface area (Å²) in [5.41, 5.74) is 5.36. The van der Waals surface area contributed by atoms with Crippen LogP contribution in [0.4, 0.5) is 0 Å². The van der Waals surface area contributed by atoms with Gasteiger partial charge in [-0.15, -0.1) is 0 Å². The van der Waals surface area contributed by atoms with Crippen molar-refractivity contribution in [3.8, 4) is 16.9 Å². The number of fused-ring (bicyclic) bond motifs is 3. The Labute approximate surface area is 138 Å². The normalized spacial score (nSPS) is 12.0. The lowest BCUT2D eigenvalue weighted by Gasteiger charge is -2.11. The van der Waals surface area contributed by atoms with Crippen LogP contribution >= 0.6 is 0 Å². The summed E-state index contributed by atoms with van der Waals surface area (Å²) in [7, 11) is 0. The van der Waals surface area contributed by atoms with Crippen molar-refractivity contribution in [3.05, 3.63) is 53.6 Å². The molecule has 0 fully saturated rings. The largest absolute Gasteiger partial charge is 0.493 e. The van der Waals surface area contributed by atoms with E-state index in [1.54, 1.807) is 0 Å². The van der Waals surface area contributed by atoms with E-state index >= 15 is 0 Å². The van der Waals surface area contributed by atoms with Gasteiger partial charge in [-0.3, -0.25) is 0 Å². The molecule has 3 rings (SSSR count). The maximum atomic E-state index is 6.01. The summed E-state index contributed by atoms with van der Waals surface area (Å²) in [6, 6.07) is 14.9. The van der Waals surface area contributed by atoms with Crippen LogP contribution in [0.15, 0.2) is 42.5 Å². The van der Waals surface area contributed by atoms with Gasteiger partial charge < -0.3 is 4.74 Å². The Kier molecular flexibility index (Phi) is 5.67. The Bertz CT molecular complexity index is 637. The van der Waals surface area contributed by atoms with Crippen LogP contribution in [0.25, 0.3) is 11.1 Å². The lowest BCUT2D eigenvalue weighted by molar-refractivity contribution is -0.294. The predicted molar refractivity (Wildman–Crippen MR) is 91.6 cm³/mol. The zero-order chi connectivity index (χ0) is 15.9. The van der Waals surface area contributed by atoms with E-state index in [0.29, 0.717) is 19.8 Å². The summed E-state index contributed by atoms with van der Waals surface area (Å²) in [5.74, 6) is 1.02. The Morgan fingerprint density at radius 2 is 1.61 bits per heavy atom. The summed E-state index contributed by atoms with van der Waals surface area (Å²) in [4.78, 5) is 10.1. The second-order valence-corrected chi connectivity index (χ2v) is 5.82. The Hall–Kier alpha value is -1.84. The van der Waals surface area contributed by atoms with Crippen LogP contribution < -0.4 is 4.74 Å². The first-order valence-corrected chi connectivity index (χ1v) is 8.47. The number of unbranched alkanes of at least 4 members (excludes halogenated alkanes) is 1. The fraction of sp³-hybridized carbons (Fsp3) is 0.400. The fourth-order valence-electron chi connectivity index (χ4n) is 2.91. The maximum Gasteiger partial charge on any atom is 0.123 e. The molecule has 2 aromatic carbocycles. The van der Waals surface area contributed by atoms with Crippen molar-refractivity contribution in [3.63, 3.8) is 0 Å². The van der Waals surface area contributed by atoms with Crippen LogP contribution in [0.5, 0.6) is 5.75 Å². The van der Waals surface area contributed by atoms with Gasteiger partial charge >= 0.3 is 0 Å². The number of hydrogen-bond donors (Lipinski definition) is 0. The minimum atomic E-state index is 0.627. The zero-order valence-corrected chi connectivity index (χ0v) is 13.7. The first-order chi connectivity index (χ1) is 11.4. The van der Waals surface area contributed by atoms with E-state index in [1.165, 1.54) is 22.3 Å². The molecule has 23 heavy (non-hydrogen) atoms. The molecule has 0 unspecified atom stereocenters. The molecule has 0 radical (unpaired) electrons. The van der Waals surface area contributed by atoms with Gasteiger partial charge in [-0.05, 0) is 42.0 Å². The van der Waals surface area contributed by atoms with E-state index in [2.05, 4.69) is 49.4 Å². The van der Waals surface area contributed by atoms with Crippen molar-refractivity contribution in [1.82, 2.24) is 0 Å². The Morgan fingerprint density at radius 1 is 0.826 bits per heavy atom. The molecule has 122 valence electrons. The van der Waals surface area contributed by atoms with Crippen molar-refractivity contribution in [2.45, 2.75) is 32.6 Å². The van der Waals surface area contributed by atoms with Crippen molar-refractivity contribution >= 4 is 0 Å². The van der Waals surface area contributed by atoms with E-state index in [9.17, 15) is 0 Å². The standard InChI is InChI=1S/C20H24O3/c1-2-12-22-23-14-6-5-13-21-20-11-7-10-18-17-9-4-3-8-16(17)15-19(18)20/h3-4,7-11H,2,5-6,12-15H2,1H3. The van der Waals surface area contributed by atoms with E-state index in [1.807, 2.05) is 0 Å². The average molecular weight is 312 g/mol. The molecular weight excluding hydrogens is 288 g/mol. The van der Waals surface area contributed by atoms with Gasteiger partial charge in [0.25, 0.3) is 0 Å². The van der Waals surface area contributed by atoms with Crippen molar-refractivity contribution in [2.24, 2.45) is 0 Å². The smallest absolute Gasteiger partial charge is 0.123 e. The van der Waals surface area contributed by atoms with E-state index in [0.717, 1.165) is 31.4 Å². The second kappa shape index (κ2) is 8.14. The molecule has 0 atom stereocenters. The summed E-state index contributed by atoms with van der Waals surface area (Å²) in [6.45, 7) is 4.06. The van der Waals surface area contributed by atoms with Gasteiger partial charge in [-0.25, -0.2) is 9.78 Å². The summed E-state index contributed by atoms with van der Waals surface area (Å²) < 4.78 is 6.01. The van der Waals surface area contributed by atoms with Crippen molar-refractivity contribution < 1.29 is 14.5 Å². The molecule has 2 aromatic rings. The van der Waals surface area contributed by atoms with E-state index < -0.39 is 0 Å². The van der Waals surface area contributed by atoms with Gasteiger partial charge in [0.2, 0.25) is 0 Å². The average Bonchev–Trinajstić information content (AvgIpc) is 2.97. The van der Waals surface area contributed by atoms with Gasteiger partial charge in [0, 0.05) is 12.0 Å². The van der Waals surface area contributed by atoms with Crippen LogP contribution in [0.2, 0.25) is 0 Å². The van der Waals surface area contributed by atoms with E-state index in [-0.39, 0.29) is 0 Å². The summed E-state index contributed by atoms with van der Waals surface area (Å²) in [6.07, 6.45) is 3.85. The minimum Gasteiger partial charge on any atom is -0.493 e. The zero-order valence-electron chi connectivity index (χ0n) is 13.7. The molecule has 0 amide bonds. The highest BCUT2D eigenvalue weighted by atomic mass is 17.2. The quantitative estimate of drug-likeness (QED) is 0.323. The highest BCUT2D eigenvalue weighted by molar-refractivity contribution is 5.78. The van der Waals surface area contributed by atoms with Gasteiger partial charge in [0.15, 0.2) is 0 Å². The lowest BCUT2D eigenvalue weighted by atomic mass is 10.1. The third-order valence-corrected chi connectivity index (χ3v) is 4.06. The predicted octanol–water partition coefficient (Wildman–Crippen LogP) is 4.78. The number of rotatable bonds is 9. The lowest BCUT2D eigenvalue weighted by Crippen LogP contribution is -2.03. The molecule has 0 saturated heterocycles.